The van der Waals surface area contributed by atoms with E-state index in [1.807, 2.05) is 43.3 Å². The van der Waals surface area contributed by atoms with Crippen molar-refractivity contribution in [3.8, 4) is 11.5 Å². The van der Waals surface area contributed by atoms with E-state index in [9.17, 15) is 4.79 Å². The van der Waals surface area contributed by atoms with Crippen LogP contribution in [-0.2, 0) is 4.79 Å². The summed E-state index contributed by atoms with van der Waals surface area (Å²) in [5.74, 6) is 1.58. The van der Waals surface area contributed by atoms with Crippen LogP contribution in [0, 0.1) is 12.8 Å². The topological polar surface area (TPSA) is 60.5 Å². The van der Waals surface area contributed by atoms with Crippen LogP contribution in [0.15, 0.2) is 42.5 Å². The van der Waals surface area contributed by atoms with Crippen LogP contribution in [0.2, 0.25) is 0 Å². The summed E-state index contributed by atoms with van der Waals surface area (Å²) in [5, 5.41) is 3.86. The molecule has 0 aliphatic rings. The van der Waals surface area contributed by atoms with E-state index >= 15 is 0 Å². The van der Waals surface area contributed by atoms with Crippen molar-refractivity contribution < 1.29 is 14.3 Å². The van der Waals surface area contributed by atoms with Gasteiger partial charge in [0.15, 0.2) is 6.61 Å². The maximum absolute atomic E-state index is 12.1. The van der Waals surface area contributed by atoms with Gasteiger partial charge >= 0.3 is 0 Å². The Morgan fingerprint density at radius 1 is 1.15 bits per heavy atom. The molecule has 0 radical (unpaired) electrons. The van der Waals surface area contributed by atoms with Crippen molar-refractivity contribution in [3.05, 3.63) is 47.5 Å². The average Bonchev–Trinajstić information content (AvgIpc) is 2.98. The van der Waals surface area contributed by atoms with Gasteiger partial charge in [0.25, 0.3) is 5.91 Å². The van der Waals surface area contributed by atoms with Crippen molar-refractivity contribution >= 4 is 33.1 Å². The number of hydrogen-bond acceptors (Lipinski definition) is 5. The standard InChI is InChI=1S/C20H22N2O3S/c1-13(2)11-24-16-5-4-6-17(10-16)25-12-20(23)22-15-7-8-18-19(9-15)26-14(3)21-18/h4-10,13H,11-12H2,1-3H3,(H,22,23). The fourth-order valence-electron chi connectivity index (χ4n) is 2.38. The molecule has 0 atom stereocenters. The lowest BCUT2D eigenvalue weighted by atomic mass is 10.2. The number of amides is 1. The SMILES string of the molecule is Cc1nc2ccc(NC(=O)COc3cccc(OCC(C)C)c3)cc2s1. The number of rotatable bonds is 7. The summed E-state index contributed by atoms with van der Waals surface area (Å²) in [7, 11) is 0. The zero-order valence-corrected chi connectivity index (χ0v) is 15.9. The summed E-state index contributed by atoms with van der Waals surface area (Å²) in [6.07, 6.45) is 0. The number of anilines is 1. The van der Waals surface area contributed by atoms with Crippen LogP contribution in [0.25, 0.3) is 10.2 Å². The highest BCUT2D eigenvalue weighted by atomic mass is 32.1. The third-order valence-electron chi connectivity index (χ3n) is 3.54. The lowest BCUT2D eigenvalue weighted by molar-refractivity contribution is -0.118. The molecule has 136 valence electrons. The first-order chi connectivity index (χ1) is 12.5. The van der Waals surface area contributed by atoms with Gasteiger partial charge in [0.2, 0.25) is 0 Å². The predicted molar refractivity (Wildman–Crippen MR) is 105 cm³/mol. The highest BCUT2D eigenvalue weighted by molar-refractivity contribution is 7.18. The summed E-state index contributed by atoms with van der Waals surface area (Å²) in [6, 6.07) is 13.0. The minimum Gasteiger partial charge on any atom is -0.493 e. The molecular formula is C20H22N2O3S. The summed E-state index contributed by atoms with van der Waals surface area (Å²) in [5.41, 5.74) is 1.68. The Balaban J connectivity index is 1.55. The van der Waals surface area contributed by atoms with Crippen LogP contribution in [0.4, 0.5) is 5.69 Å². The molecule has 6 heteroatoms. The van der Waals surface area contributed by atoms with Crippen LogP contribution < -0.4 is 14.8 Å². The van der Waals surface area contributed by atoms with E-state index in [0.29, 0.717) is 18.3 Å². The van der Waals surface area contributed by atoms with Gasteiger partial charge in [-0.1, -0.05) is 19.9 Å². The van der Waals surface area contributed by atoms with Crippen molar-refractivity contribution in [3.63, 3.8) is 0 Å². The fourth-order valence-corrected chi connectivity index (χ4v) is 3.25. The third kappa shape index (κ3) is 4.95. The number of aryl methyl sites for hydroxylation is 1. The molecule has 0 unspecified atom stereocenters. The van der Waals surface area contributed by atoms with Crippen molar-refractivity contribution in [1.82, 2.24) is 4.98 Å². The Hall–Kier alpha value is -2.60. The second kappa shape index (κ2) is 8.19. The van der Waals surface area contributed by atoms with E-state index in [1.165, 1.54) is 0 Å². The molecule has 0 saturated heterocycles. The largest absolute Gasteiger partial charge is 0.493 e. The second-order valence-electron chi connectivity index (χ2n) is 6.43. The Morgan fingerprint density at radius 2 is 1.92 bits per heavy atom. The molecule has 3 rings (SSSR count). The Morgan fingerprint density at radius 3 is 2.69 bits per heavy atom. The van der Waals surface area contributed by atoms with Crippen molar-refractivity contribution in [1.29, 1.82) is 0 Å². The summed E-state index contributed by atoms with van der Waals surface area (Å²) in [6.45, 7) is 6.73. The maximum atomic E-state index is 12.1. The van der Waals surface area contributed by atoms with E-state index in [1.54, 1.807) is 17.4 Å². The first-order valence-corrected chi connectivity index (χ1v) is 9.34. The number of ether oxygens (including phenoxy) is 2. The normalized spacial score (nSPS) is 10.9. The van der Waals surface area contributed by atoms with E-state index < -0.39 is 0 Å². The quantitative estimate of drug-likeness (QED) is 0.657. The van der Waals surface area contributed by atoms with E-state index in [2.05, 4.69) is 24.1 Å². The van der Waals surface area contributed by atoms with Crippen LogP contribution in [0.3, 0.4) is 0 Å². The number of carbonyl (C=O) groups is 1. The van der Waals surface area contributed by atoms with Gasteiger partial charge in [-0.2, -0.15) is 0 Å². The third-order valence-corrected chi connectivity index (χ3v) is 4.47. The van der Waals surface area contributed by atoms with Crippen LogP contribution in [-0.4, -0.2) is 24.1 Å². The monoisotopic (exact) mass is 370 g/mol. The Bertz CT molecular complexity index is 905. The highest BCUT2D eigenvalue weighted by Gasteiger charge is 2.07. The number of benzene rings is 2. The van der Waals surface area contributed by atoms with Gasteiger partial charge in [0.1, 0.15) is 11.5 Å². The van der Waals surface area contributed by atoms with E-state index in [4.69, 9.17) is 9.47 Å². The molecule has 0 aliphatic heterocycles. The minimum atomic E-state index is -0.209. The molecule has 0 spiro atoms. The van der Waals surface area contributed by atoms with Gasteiger partial charge < -0.3 is 14.8 Å². The van der Waals surface area contributed by atoms with Gasteiger partial charge in [-0.3, -0.25) is 4.79 Å². The van der Waals surface area contributed by atoms with Gasteiger partial charge in [-0.05, 0) is 43.2 Å². The molecule has 0 fully saturated rings. The molecule has 0 bridgehead atoms. The molecule has 0 aliphatic carbocycles. The number of nitrogens with one attached hydrogen (secondary N) is 1. The molecular weight excluding hydrogens is 348 g/mol. The molecule has 1 aromatic heterocycles. The molecule has 1 heterocycles. The molecule has 26 heavy (non-hydrogen) atoms. The second-order valence-corrected chi connectivity index (χ2v) is 7.67. The highest BCUT2D eigenvalue weighted by Crippen LogP contribution is 2.25. The average molecular weight is 370 g/mol. The number of thiazole rings is 1. The van der Waals surface area contributed by atoms with Crippen molar-refractivity contribution in [2.45, 2.75) is 20.8 Å². The Labute approximate surface area is 157 Å². The van der Waals surface area contributed by atoms with Crippen LogP contribution in [0.5, 0.6) is 11.5 Å². The van der Waals surface area contributed by atoms with Gasteiger partial charge in [-0.25, -0.2) is 4.98 Å². The smallest absolute Gasteiger partial charge is 0.262 e. The lowest BCUT2D eigenvalue weighted by Gasteiger charge is -2.11. The Kier molecular flexibility index (Phi) is 5.73. The van der Waals surface area contributed by atoms with Gasteiger partial charge in [0, 0.05) is 11.8 Å². The number of nitrogens with zero attached hydrogens (tertiary/aromatic N) is 1. The summed E-state index contributed by atoms with van der Waals surface area (Å²) in [4.78, 5) is 16.6. The van der Waals surface area contributed by atoms with Crippen LogP contribution >= 0.6 is 11.3 Å². The molecule has 3 aromatic rings. The molecule has 0 saturated carbocycles. The van der Waals surface area contributed by atoms with Gasteiger partial charge in [0.05, 0.1) is 21.8 Å². The predicted octanol–water partition coefficient (Wildman–Crippen LogP) is 4.66. The lowest BCUT2D eigenvalue weighted by Crippen LogP contribution is -2.20. The maximum Gasteiger partial charge on any atom is 0.262 e. The van der Waals surface area contributed by atoms with Gasteiger partial charge in [-0.15, -0.1) is 11.3 Å². The zero-order chi connectivity index (χ0) is 18.5. The fraction of sp³-hybridized carbons (Fsp3) is 0.300. The number of fused-ring (bicyclic) bond motifs is 1. The van der Waals surface area contributed by atoms with E-state index in [0.717, 1.165) is 26.7 Å². The zero-order valence-electron chi connectivity index (χ0n) is 15.1. The van der Waals surface area contributed by atoms with Crippen molar-refractivity contribution in [2.75, 3.05) is 18.5 Å². The molecule has 1 N–H and O–H groups in total. The molecule has 5 nitrogen and oxygen atoms in total. The number of hydrogen-bond donors (Lipinski definition) is 1. The summed E-state index contributed by atoms with van der Waals surface area (Å²) < 4.78 is 12.3. The van der Waals surface area contributed by atoms with Crippen LogP contribution in [0.1, 0.15) is 18.9 Å². The molecule has 2 aromatic carbocycles. The first-order valence-electron chi connectivity index (χ1n) is 8.52. The van der Waals surface area contributed by atoms with Crippen molar-refractivity contribution in [2.24, 2.45) is 5.92 Å². The number of aromatic nitrogens is 1. The summed E-state index contributed by atoms with van der Waals surface area (Å²) >= 11 is 1.60. The molecule has 1 amide bonds. The van der Waals surface area contributed by atoms with E-state index in [-0.39, 0.29) is 12.5 Å². The first kappa shape index (κ1) is 18.2. The minimum absolute atomic E-state index is 0.0621. The number of carbonyl (C=O) groups excluding carboxylic acids is 1.